The molecule has 0 aliphatic carbocycles. The van der Waals surface area contributed by atoms with Crippen LogP contribution in [0.1, 0.15) is 5.56 Å². The summed E-state index contributed by atoms with van der Waals surface area (Å²) in [7, 11) is 0. The predicted octanol–water partition coefficient (Wildman–Crippen LogP) is 3.10. The topological polar surface area (TPSA) is 20.1 Å². The maximum atomic E-state index is 5.02. The number of rotatable bonds is 1. The highest BCUT2D eigenvalue weighted by Gasteiger charge is 1.98. The third-order valence-electron chi connectivity index (χ3n) is 1.96. The summed E-state index contributed by atoms with van der Waals surface area (Å²) in [6.45, 7) is 5.02. The molecule has 0 atom stereocenters. The molecule has 2 heteroatoms. The number of hydrogen-bond donors (Lipinski definition) is 1. The summed E-state index contributed by atoms with van der Waals surface area (Å²) in [4.78, 5) is 6.59. The van der Waals surface area contributed by atoms with Crippen LogP contribution in [0, 0.1) is 6.57 Å². The van der Waals surface area contributed by atoms with E-state index in [4.69, 9.17) is 6.57 Å². The van der Waals surface area contributed by atoms with Gasteiger partial charge >= 0.3 is 6.20 Å². The van der Waals surface area contributed by atoms with Crippen LogP contribution in [-0.2, 0) is 0 Å². The van der Waals surface area contributed by atoms with Gasteiger partial charge in [0.1, 0.15) is 0 Å². The van der Waals surface area contributed by atoms with Gasteiger partial charge in [0, 0.05) is 28.7 Å². The maximum Gasteiger partial charge on any atom is 0.305 e. The molecule has 0 aliphatic rings. The van der Waals surface area contributed by atoms with Crippen LogP contribution in [0.15, 0.2) is 36.7 Å². The smallest absolute Gasteiger partial charge is 0.305 e. The van der Waals surface area contributed by atoms with E-state index in [1.807, 2.05) is 30.5 Å². The molecule has 1 N–H and O–H groups in total. The molecule has 1 heterocycles. The molecular weight excluding hydrogens is 160 g/mol. The Kier molecular flexibility index (Phi) is 1.85. The van der Waals surface area contributed by atoms with Crippen molar-refractivity contribution >= 4 is 17.0 Å². The molecule has 0 fully saturated rings. The minimum atomic E-state index is 1.10. The van der Waals surface area contributed by atoms with E-state index in [1.54, 1.807) is 6.20 Å². The predicted molar refractivity (Wildman–Crippen MR) is 55.6 cm³/mol. The number of H-pyrrole nitrogens is 1. The molecule has 0 spiro atoms. The van der Waals surface area contributed by atoms with Crippen LogP contribution in [0.25, 0.3) is 21.8 Å². The Morgan fingerprint density at radius 3 is 3.00 bits per heavy atom. The maximum absolute atomic E-state index is 5.02. The van der Waals surface area contributed by atoms with E-state index in [0.717, 1.165) is 11.1 Å². The summed E-state index contributed by atoms with van der Waals surface area (Å²) in [5.74, 6) is 0. The molecule has 0 bridgehead atoms. The first-order chi connectivity index (χ1) is 6.42. The lowest BCUT2D eigenvalue weighted by Gasteiger charge is -1.87. The van der Waals surface area contributed by atoms with E-state index in [1.165, 1.54) is 5.39 Å². The van der Waals surface area contributed by atoms with Crippen molar-refractivity contribution in [1.29, 1.82) is 0 Å². The minimum Gasteiger partial charge on any atom is -0.361 e. The van der Waals surface area contributed by atoms with E-state index in [0.29, 0.717) is 0 Å². The second-order valence-corrected chi connectivity index (χ2v) is 2.75. The molecule has 0 aliphatic heterocycles. The Morgan fingerprint density at radius 1 is 1.31 bits per heavy atom. The zero-order chi connectivity index (χ0) is 9.10. The van der Waals surface area contributed by atoms with Crippen molar-refractivity contribution in [1.82, 2.24) is 4.98 Å². The normalized spacial score (nSPS) is 10.7. The van der Waals surface area contributed by atoms with Gasteiger partial charge in [-0.1, -0.05) is 18.2 Å². The molecule has 0 saturated carbocycles. The molecule has 0 saturated heterocycles. The Labute approximate surface area is 76.3 Å². The van der Waals surface area contributed by atoms with E-state index < -0.39 is 0 Å². The van der Waals surface area contributed by atoms with E-state index in [2.05, 4.69) is 15.9 Å². The molecule has 2 aromatic rings. The fourth-order valence-corrected chi connectivity index (χ4v) is 1.36. The highest BCUT2D eigenvalue weighted by atomic mass is 14.7. The lowest BCUT2D eigenvalue weighted by atomic mass is 10.2. The van der Waals surface area contributed by atoms with Crippen LogP contribution >= 0.6 is 0 Å². The van der Waals surface area contributed by atoms with Crippen LogP contribution in [0.3, 0.4) is 0 Å². The average molecular weight is 169 g/mol. The van der Waals surface area contributed by atoms with Gasteiger partial charge in [-0.2, -0.15) is 0 Å². The van der Waals surface area contributed by atoms with Crippen LogP contribution in [0.4, 0.5) is 0 Å². The van der Waals surface area contributed by atoms with Gasteiger partial charge in [0.2, 0.25) is 0 Å². The van der Waals surface area contributed by atoms with Crippen LogP contribution in [-0.4, -0.2) is 4.98 Å². The largest absolute Gasteiger partial charge is 0.361 e. The van der Waals surface area contributed by atoms with Crippen molar-refractivity contribution in [2.75, 3.05) is 0 Å². The molecule has 0 unspecified atom stereocenters. The Balaban J connectivity index is 2.59. The summed E-state index contributed by atoms with van der Waals surface area (Å²) in [5.41, 5.74) is 2.23. The van der Waals surface area contributed by atoms with Crippen molar-refractivity contribution in [3.05, 3.63) is 47.1 Å². The van der Waals surface area contributed by atoms with Gasteiger partial charge in [-0.15, -0.1) is 0 Å². The summed E-state index contributed by atoms with van der Waals surface area (Å²) in [6.07, 6.45) is 5.39. The lowest BCUT2D eigenvalue weighted by Crippen LogP contribution is -1.66. The van der Waals surface area contributed by atoms with Crippen molar-refractivity contribution < 1.29 is 0 Å². The van der Waals surface area contributed by atoms with E-state index in [9.17, 15) is 0 Å². The van der Waals surface area contributed by atoms with Gasteiger partial charge in [0.15, 0.2) is 0 Å². The summed E-state index contributed by atoms with van der Waals surface area (Å²) >= 11 is 0. The fourth-order valence-electron chi connectivity index (χ4n) is 1.36. The third-order valence-corrected chi connectivity index (χ3v) is 1.96. The second kappa shape index (κ2) is 3.16. The molecular formula is C11H9N2+. The van der Waals surface area contributed by atoms with Crippen molar-refractivity contribution in [2.45, 2.75) is 0 Å². The molecule has 1 aromatic carbocycles. The number of hydrogen-bond acceptors (Lipinski definition) is 0. The SMILES string of the molecule is C#[N+]C=Cc1c[nH]c2ccccc12. The first-order valence-electron chi connectivity index (χ1n) is 4.04. The number of aromatic amines is 1. The Bertz CT molecular complexity index is 486. The van der Waals surface area contributed by atoms with Crippen molar-refractivity contribution in [3.8, 4) is 6.57 Å². The Hall–Kier alpha value is -2.01. The highest BCUT2D eigenvalue weighted by molar-refractivity contribution is 5.88. The zero-order valence-electron chi connectivity index (χ0n) is 7.07. The number of benzene rings is 1. The fraction of sp³-hybridized carbons (Fsp3) is 0. The van der Waals surface area contributed by atoms with Crippen molar-refractivity contribution in [3.63, 3.8) is 0 Å². The molecule has 62 valence electrons. The van der Waals surface area contributed by atoms with Crippen molar-refractivity contribution in [2.24, 2.45) is 0 Å². The average Bonchev–Trinajstić information content (AvgIpc) is 2.58. The number of nitrogens with one attached hydrogen (secondary N) is 1. The monoisotopic (exact) mass is 169 g/mol. The second-order valence-electron chi connectivity index (χ2n) is 2.75. The number of aromatic nitrogens is 1. The van der Waals surface area contributed by atoms with Crippen LogP contribution in [0.2, 0.25) is 0 Å². The zero-order valence-corrected chi connectivity index (χ0v) is 7.07. The molecule has 2 rings (SSSR count). The molecule has 2 nitrogen and oxygen atoms in total. The molecule has 1 aromatic heterocycles. The quantitative estimate of drug-likeness (QED) is 0.677. The van der Waals surface area contributed by atoms with E-state index >= 15 is 0 Å². The standard InChI is InChI=1S/C11H9N2/c1-12-7-6-9-8-13-11-5-3-2-4-10(9)11/h1-8,13H/q+1. The first-order valence-corrected chi connectivity index (χ1v) is 4.04. The van der Waals surface area contributed by atoms with Gasteiger partial charge < -0.3 is 4.98 Å². The first kappa shape index (κ1) is 7.63. The lowest BCUT2D eigenvalue weighted by molar-refractivity contribution is 1.47. The van der Waals surface area contributed by atoms with Crippen LogP contribution < -0.4 is 0 Å². The van der Waals surface area contributed by atoms with Gasteiger partial charge in [-0.25, -0.2) is 0 Å². The number of nitrogens with zero attached hydrogens (tertiary/aromatic N) is 1. The number of fused-ring (bicyclic) bond motifs is 1. The van der Waals surface area contributed by atoms with Crippen LogP contribution in [0.5, 0.6) is 0 Å². The summed E-state index contributed by atoms with van der Waals surface area (Å²) < 4.78 is 0. The summed E-state index contributed by atoms with van der Waals surface area (Å²) in [6, 6.07) is 8.10. The highest BCUT2D eigenvalue weighted by Crippen LogP contribution is 2.18. The van der Waals surface area contributed by atoms with Gasteiger partial charge in [0.05, 0.1) is 0 Å². The third kappa shape index (κ3) is 1.32. The van der Waals surface area contributed by atoms with Gasteiger partial charge in [-0.3, -0.25) is 0 Å². The molecule has 0 amide bonds. The summed E-state index contributed by atoms with van der Waals surface area (Å²) in [5, 5.41) is 1.18. The number of para-hydroxylation sites is 1. The molecule has 13 heavy (non-hydrogen) atoms. The van der Waals surface area contributed by atoms with Gasteiger partial charge in [-0.05, 0) is 10.9 Å². The van der Waals surface area contributed by atoms with Gasteiger partial charge in [0.25, 0.3) is 6.57 Å². The minimum absolute atomic E-state index is 1.10. The molecule has 0 radical (unpaired) electrons. The van der Waals surface area contributed by atoms with E-state index in [-0.39, 0.29) is 0 Å². The Morgan fingerprint density at radius 2 is 2.15 bits per heavy atom.